The molecule has 2 amide bonds. The summed E-state index contributed by atoms with van der Waals surface area (Å²) in [5, 5.41) is 4.49. The molecule has 0 atom stereocenters. The average Bonchev–Trinajstić information content (AvgIpc) is 2.50. The Bertz CT molecular complexity index is 588. The maximum absolute atomic E-state index is 12.5. The van der Waals surface area contributed by atoms with Crippen LogP contribution in [0.4, 0.5) is 13.2 Å². The third kappa shape index (κ3) is 6.81. The number of esters is 1. The maximum Gasteiger partial charge on any atom is 0.416 e. The van der Waals surface area contributed by atoms with Gasteiger partial charge in [-0.1, -0.05) is 18.2 Å². The van der Waals surface area contributed by atoms with Crippen LogP contribution in [0.3, 0.4) is 0 Å². The van der Waals surface area contributed by atoms with Crippen LogP contribution < -0.4 is 10.6 Å². The molecule has 0 aliphatic heterocycles. The predicted molar refractivity (Wildman–Crippen MR) is 73.2 cm³/mol. The summed E-state index contributed by atoms with van der Waals surface area (Å²) >= 11 is 0. The number of rotatable bonds is 6. The molecule has 1 aromatic rings. The molecular weight excluding hydrogens is 317 g/mol. The summed E-state index contributed by atoms with van der Waals surface area (Å²) in [5.74, 6) is -1.96. The summed E-state index contributed by atoms with van der Waals surface area (Å²) in [6, 6.07) is 4.26. The number of amides is 2. The summed E-state index contributed by atoms with van der Waals surface area (Å²) in [5.41, 5.74) is -0.748. The van der Waals surface area contributed by atoms with Gasteiger partial charge in [-0.05, 0) is 11.6 Å². The summed E-state index contributed by atoms with van der Waals surface area (Å²) in [7, 11) is 1.39. The molecule has 23 heavy (non-hydrogen) atoms. The van der Waals surface area contributed by atoms with Gasteiger partial charge in [-0.15, -0.1) is 0 Å². The van der Waals surface area contributed by atoms with E-state index in [0.717, 1.165) is 12.1 Å². The van der Waals surface area contributed by atoms with Crippen LogP contribution in [0.2, 0.25) is 0 Å². The van der Waals surface area contributed by atoms with Gasteiger partial charge in [0.1, 0.15) is 0 Å². The smallest absolute Gasteiger partial charge is 0.416 e. The van der Waals surface area contributed by atoms with Gasteiger partial charge in [0, 0.05) is 7.05 Å². The van der Waals surface area contributed by atoms with Gasteiger partial charge in [-0.2, -0.15) is 13.2 Å². The molecule has 0 aliphatic carbocycles. The lowest BCUT2D eigenvalue weighted by atomic mass is 10.1. The van der Waals surface area contributed by atoms with E-state index in [9.17, 15) is 27.6 Å². The number of alkyl halides is 3. The highest BCUT2D eigenvalue weighted by Crippen LogP contribution is 2.29. The van der Waals surface area contributed by atoms with Crippen molar-refractivity contribution in [3.63, 3.8) is 0 Å². The molecule has 0 saturated heterocycles. The van der Waals surface area contributed by atoms with E-state index >= 15 is 0 Å². The second-order valence-corrected chi connectivity index (χ2v) is 4.49. The highest BCUT2D eigenvalue weighted by Gasteiger charge is 2.30. The Morgan fingerprint density at radius 2 is 1.87 bits per heavy atom. The van der Waals surface area contributed by atoms with Crippen molar-refractivity contribution < 1.29 is 32.3 Å². The highest BCUT2D eigenvalue weighted by atomic mass is 19.4. The molecule has 2 N–H and O–H groups in total. The van der Waals surface area contributed by atoms with E-state index < -0.39 is 42.6 Å². The molecule has 0 saturated carbocycles. The van der Waals surface area contributed by atoms with Crippen LogP contribution in [-0.4, -0.2) is 38.0 Å². The molecule has 9 heteroatoms. The molecule has 0 spiro atoms. The van der Waals surface area contributed by atoms with Crippen LogP contribution in [-0.2, 0) is 31.7 Å². The van der Waals surface area contributed by atoms with Crippen LogP contribution >= 0.6 is 0 Å². The number of carbonyl (C=O) groups excluding carboxylic acids is 3. The number of halogens is 3. The zero-order valence-corrected chi connectivity index (χ0v) is 12.2. The monoisotopic (exact) mass is 332 g/mol. The minimum absolute atomic E-state index is 0.121. The zero-order chi connectivity index (χ0) is 17.5. The lowest BCUT2D eigenvalue weighted by Gasteiger charge is -2.09. The van der Waals surface area contributed by atoms with E-state index in [0.29, 0.717) is 0 Å². The Hall–Kier alpha value is -2.58. The topological polar surface area (TPSA) is 84.5 Å². The van der Waals surface area contributed by atoms with Crippen molar-refractivity contribution >= 4 is 17.8 Å². The SMILES string of the molecule is CNC(=O)CNC(=O)COC(=O)Cc1cccc(C(F)(F)F)c1. The molecule has 0 unspecified atom stereocenters. The first-order chi connectivity index (χ1) is 10.7. The summed E-state index contributed by atoms with van der Waals surface area (Å²) in [4.78, 5) is 33.7. The number of likely N-dealkylation sites (N-methyl/N-ethyl adjacent to an activating group) is 1. The fourth-order valence-corrected chi connectivity index (χ4v) is 1.54. The van der Waals surface area contributed by atoms with Gasteiger partial charge >= 0.3 is 12.1 Å². The summed E-state index contributed by atoms with van der Waals surface area (Å²) in [6.45, 7) is -0.880. The fraction of sp³-hybridized carbons (Fsp3) is 0.357. The Kier molecular flexibility index (Phi) is 6.55. The number of hydrogen-bond acceptors (Lipinski definition) is 4. The Labute approximate surface area is 130 Å². The molecule has 0 radical (unpaired) electrons. The van der Waals surface area contributed by atoms with Gasteiger partial charge in [-0.3, -0.25) is 14.4 Å². The van der Waals surface area contributed by atoms with Gasteiger partial charge in [-0.25, -0.2) is 0 Å². The molecule has 1 rings (SSSR count). The normalized spacial score (nSPS) is 10.8. The van der Waals surface area contributed by atoms with Crippen molar-refractivity contribution in [2.45, 2.75) is 12.6 Å². The van der Waals surface area contributed by atoms with E-state index in [-0.39, 0.29) is 12.1 Å². The van der Waals surface area contributed by atoms with Gasteiger partial charge in [0.25, 0.3) is 5.91 Å². The Morgan fingerprint density at radius 1 is 1.17 bits per heavy atom. The zero-order valence-electron chi connectivity index (χ0n) is 12.2. The van der Waals surface area contributed by atoms with E-state index in [1.54, 1.807) is 0 Å². The Morgan fingerprint density at radius 3 is 2.48 bits per heavy atom. The Balaban J connectivity index is 2.45. The van der Waals surface area contributed by atoms with Crippen LogP contribution in [0.25, 0.3) is 0 Å². The molecule has 6 nitrogen and oxygen atoms in total. The van der Waals surface area contributed by atoms with Crippen LogP contribution in [0.5, 0.6) is 0 Å². The van der Waals surface area contributed by atoms with Gasteiger partial charge < -0.3 is 15.4 Å². The third-order valence-corrected chi connectivity index (χ3v) is 2.69. The number of carbonyl (C=O) groups is 3. The molecule has 126 valence electrons. The lowest BCUT2D eigenvalue weighted by Crippen LogP contribution is -2.37. The first-order valence-corrected chi connectivity index (χ1v) is 6.51. The lowest BCUT2D eigenvalue weighted by molar-refractivity contribution is -0.148. The van der Waals surface area contributed by atoms with Crippen molar-refractivity contribution in [3.05, 3.63) is 35.4 Å². The van der Waals surface area contributed by atoms with Crippen LogP contribution in [0.15, 0.2) is 24.3 Å². The van der Waals surface area contributed by atoms with Crippen molar-refractivity contribution in [3.8, 4) is 0 Å². The quantitative estimate of drug-likeness (QED) is 0.749. The molecular formula is C14H15F3N2O4. The second kappa shape index (κ2) is 8.16. The van der Waals surface area contributed by atoms with Gasteiger partial charge in [0.05, 0.1) is 18.5 Å². The first kappa shape index (κ1) is 18.5. The van der Waals surface area contributed by atoms with Gasteiger partial charge in [0.2, 0.25) is 5.91 Å². The maximum atomic E-state index is 12.5. The second-order valence-electron chi connectivity index (χ2n) is 4.49. The highest BCUT2D eigenvalue weighted by molar-refractivity contribution is 5.86. The molecule has 0 fully saturated rings. The molecule has 1 aromatic carbocycles. The van der Waals surface area contributed by atoms with E-state index in [2.05, 4.69) is 15.4 Å². The van der Waals surface area contributed by atoms with Crippen molar-refractivity contribution in [2.75, 3.05) is 20.2 Å². The minimum atomic E-state index is -4.50. The van der Waals surface area contributed by atoms with Crippen LogP contribution in [0, 0.1) is 0 Å². The number of benzene rings is 1. The fourth-order valence-electron chi connectivity index (χ4n) is 1.54. The minimum Gasteiger partial charge on any atom is -0.455 e. The van der Waals surface area contributed by atoms with Gasteiger partial charge in [0.15, 0.2) is 6.61 Å². The van der Waals surface area contributed by atoms with Crippen molar-refractivity contribution in [1.82, 2.24) is 10.6 Å². The molecule has 0 bridgehead atoms. The van der Waals surface area contributed by atoms with Crippen molar-refractivity contribution in [1.29, 1.82) is 0 Å². The molecule has 0 aromatic heterocycles. The molecule has 0 heterocycles. The van der Waals surface area contributed by atoms with E-state index in [1.165, 1.54) is 19.2 Å². The summed E-state index contributed by atoms with van der Waals surface area (Å²) in [6.07, 6.45) is -4.90. The van der Waals surface area contributed by atoms with Crippen molar-refractivity contribution in [2.24, 2.45) is 0 Å². The number of ether oxygens (including phenoxy) is 1. The van der Waals surface area contributed by atoms with E-state index in [4.69, 9.17) is 0 Å². The van der Waals surface area contributed by atoms with E-state index in [1.807, 2.05) is 0 Å². The molecule has 0 aliphatic rings. The number of hydrogen-bond donors (Lipinski definition) is 2. The predicted octanol–water partition coefficient (Wildman–Crippen LogP) is 0.653. The third-order valence-electron chi connectivity index (χ3n) is 2.69. The first-order valence-electron chi connectivity index (χ1n) is 6.51. The number of nitrogens with one attached hydrogen (secondary N) is 2. The summed E-state index contributed by atoms with van der Waals surface area (Å²) < 4.78 is 42.2. The average molecular weight is 332 g/mol. The van der Waals surface area contributed by atoms with Crippen LogP contribution in [0.1, 0.15) is 11.1 Å². The largest absolute Gasteiger partial charge is 0.455 e. The standard InChI is InChI=1S/C14H15F3N2O4/c1-18-11(20)7-19-12(21)8-23-13(22)6-9-3-2-4-10(5-9)14(15,16)17/h2-5H,6-8H2,1H3,(H,18,20)(H,19,21).